The Morgan fingerprint density at radius 2 is 1.81 bits per heavy atom. The Morgan fingerprint density at radius 1 is 1.07 bits per heavy atom. The summed E-state index contributed by atoms with van der Waals surface area (Å²) < 4.78 is 5.31. The van der Waals surface area contributed by atoms with Gasteiger partial charge in [0, 0.05) is 37.9 Å². The number of anilines is 1. The highest BCUT2D eigenvalue weighted by molar-refractivity contribution is 5.78. The van der Waals surface area contributed by atoms with Crippen molar-refractivity contribution in [2.24, 2.45) is 0 Å². The molecule has 0 bridgehead atoms. The van der Waals surface area contributed by atoms with Crippen LogP contribution in [0.4, 0.5) is 5.69 Å². The van der Waals surface area contributed by atoms with Crippen molar-refractivity contribution < 1.29 is 9.53 Å². The number of carbonyl (C=O) groups excluding carboxylic acids is 1. The molecular weight excluding hydrogens is 338 g/mol. The van der Waals surface area contributed by atoms with Gasteiger partial charge in [0.05, 0.1) is 19.7 Å². The molecule has 2 aromatic carbocycles. The Balaban J connectivity index is 1.49. The molecule has 2 aromatic rings. The number of benzene rings is 2. The van der Waals surface area contributed by atoms with Crippen molar-refractivity contribution in [1.82, 2.24) is 10.2 Å². The smallest absolute Gasteiger partial charge is 0.234 e. The van der Waals surface area contributed by atoms with Crippen molar-refractivity contribution in [3.63, 3.8) is 0 Å². The fourth-order valence-electron chi connectivity index (χ4n) is 3.52. The lowest BCUT2D eigenvalue weighted by atomic mass is 10.0. The Kier molecular flexibility index (Phi) is 6.71. The molecule has 0 aliphatic carbocycles. The SMILES string of the molecule is CCC(NC(=O)CN1CCN(c2cccc(OC)c2)CC1)c1ccccc1. The number of hydrogen-bond acceptors (Lipinski definition) is 4. The van der Waals surface area contributed by atoms with Crippen molar-refractivity contribution in [2.75, 3.05) is 44.7 Å². The molecule has 1 aliphatic rings. The third kappa shape index (κ3) is 5.23. The monoisotopic (exact) mass is 367 g/mol. The highest BCUT2D eigenvalue weighted by Gasteiger charge is 2.21. The fraction of sp³-hybridized carbons (Fsp3) is 0.409. The minimum atomic E-state index is 0.0803. The molecule has 1 amide bonds. The molecule has 0 saturated carbocycles. The lowest BCUT2D eigenvalue weighted by Crippen LogP contribution is -2.49. The van der Waals surface area contributed by atoms with Crippen LogP contribution in [0.5, 0.6) is 5.75 Å². The standard InChI is InChI=1S/C22H29N3O2/c1-3-21(18-8-5-4-6-9-18)23-22(26)17-24-12-14-25(15-13-24)19-10-7-11-20(16-19)27-2/h4-11,16,21H,3,12-15,17H2,1-2H3,(H,23,26). The molecular formula is C22H29N3O2. The van der Waals surface area contributed by atoms with Gasteiger partial charge < -0.3 is 15.0 Å². The maximum absolute atomic E-state index is 12.5. The van der Waals surface area contributed by atoms with Crippen LogP contribution < -0.4 is 15.0 Å². The quantitative estimate of drug-likeness (QED) is 0.817. The maximum atomic E-state index is 12.5. The molecule has 1 aliphatic heterocycles. The van der Waals surface area contributed by atoms with E-state index in [0.717, 1.165) is 43.9 Å². The van der Waals surface area contributed by atoms with E-state index in [1.807, 2.05) is 30.3 Å². The first-order chi connectivity index (χ1) is 13.2. The van der Waals surface area contributed by atoms with Gasteiger partial charge in [0.1, 0.15) is 5.75 Å². The molecule has 1 fully saturated rings. The van der Waals surface area contributed by atoms with Crippen LogP contribution in [0.1, 0.15) is 24.9 Å². The van der Waals surface area contributed by atoms with Crippen molar-refractivity contribution in [3.8, 4) is 5.75 Å². The van der Waals surface area contributed by atoms with Gasteiger partial charge in [-0.25, -0.2) is 0 Å². The van der Waals surface area contributed by atoms with E-state index in [-0.39, 0.29) is 11.9 Å². The van der Waals surface area contributed by atoms with Crippen molar-refractivity contribution >= 4 is 11.6 Å². The molecule has 1 unspecified atom stereocenters. The minimum absolute atomic E-state index is 0.0803. The molecule has 1 heterocycles. The molecule has 0 aromatic heterocycles. The van der Waals surface area contributed by atoms with E-state index in [0.29, 0.717) is 6.54 Å². The summed E-state index contributed by atoms with van der Waals surface area (Å²) in [4.78, 5) is 17.1. The van der Waals surface area contributed by atoms with Gasteiger partial charge >= 0.3 is 0 Å². The summed E-state index contributed by atoms with van der Waals surface area (Å²) >= 11 is 0. The second-order valence-electron chi connectivity index (χ2n) is 6.90. The first-order valence-electron chi connectivity index (χ1n) is 9.65. The Morgan fingerprint density at radius 3 is 2.48 bits per heavy atom. The molecule has 3 rings (SSSR count). The van der Waals surface area contributed by atoms with Crippen LogP contribution in [-0.4, -0.2) is 50.6 Å². The van der Waals surface area contributed by atoms with E-state index < -0.39 is 0 Å². The average Bonchev–Trinajstić information content (AvgIpc) is 2.73. The van der Waals surface area contributed by atoms with Crippen LogP contribution in [0, 0.1) is 0 Å². The van der Waals surface area contributed by atoms with Crippen molar-refractivity contribution in [3.05, 3.63) is 60.2 Å². The summed E-state index contributed by atoms with van der Waals surface area (Å²) in [5.41, 5.74) is 2.34. The summed E-state index contributed by atoms with van der Waals surface area (Å²) in [6, 6.07) is 18.4. The number of methoxy groups -OCH3 is 1. The third-order valence-electron chi connectivity index (χ3n) is 5.10. The van der Waals surface area contributed by atoms with Gasteiger partial charge in [-0.1, -0.05) is 43.3 Å². The molecule has 144 valence electrons. The largest absolute Gasteiger partial charge is 0.497 e. The number of ether oxygens (including phenoxy) is 1. The van der Waals surface area contributed by atoms with Crippen LogP contribution in [0.15, 0.2) is 54.6 Å². The normalized spacial score (nSPS) is 16.0. The molecule has 0 radical (unpaired) electrons. The predicted octanol–water partition coefficient (Wildman–Crippen LogP) is 3.08. The molecule has 27 heavy (non-hydrogen) atoms. The van der Waals surface area contributed by atoms with E-state index in [9.17, 15) is 4.79 Å². The van der Waals surface area contributed by atoms with Gasteiger partial charge in [-0.15, -0.1) is 0 Å². The molecule has 0 spiro atoms. The number of carbonyl (C=O) groups is 1. The van der Waals surface area contributed by atoms with Crippen LogP contribution >= 0.6 is 0 Å². The highest BCUT2D eigenvalue weighted by atomic mass is 16.5. The minimum Gasteiger partial charge on any atom is -0.497 e. The van der Waals surface area contributed by atoms with E-state index in [1.54, 1.807) is 7.11 Å². The Bertz CT molecular complexity index is 727. The van der Waals surface area contributed by atoms with Crippen molar-refractivity contribution in [2.45, 2.75) is 19.4 Å². The van der Waals surface area contributed by atoms with Crippen LogP contribution in [0.25, 0.3) is 0 Å². The predicted molar refractivity (Wildman–Crippen MR) is 109 cm³/mol. The van der Waals surface area contributed by atoms with Crippen LogP contribution in [0.3, 0.4) is 0 Å². The lowest BCUT2D eigenvalue weighted by Gasteiger charge is -2.36. The van der Waals surface area contributed by atoms with Gasteiger partial charge in [0.25, 0.3) is 0 Å². The van der Waals surface area contributed by atoms with E-state index in [2.05, 4.69) is 46.3 Å². The number of nitrogens with one attached hydrogen (secondary N) is 1. The van der Waals surface area contributed by atoms with Crippen molar-refractivity contribution in [1.29, 1.82) is 0 Å². The second kappa shape index (κ2) is 9.42. The maximum Gasteiger partial charge on any atom is 0.234 e. The Labute approximate surface area is 161 Å². The number of hydrogen-bond donors (Lipinski definition) is 1. The molecule has 5 nitrogen and oxygen atoms in total. The number of piperazine rings is 1. The topological polar surface area (TPSA) is 44.8 Å². The van der Waals surface area contributed by atoms with Gasteiger partial charge in [0.15, 0.2) is 0 Å². The van der Waals surface area contributed by atoms with Crippen LogP contribution in [-0.2, 0) is 4.79 Å². The first-order valence-corrected chi connectivity index (χ1v) is 9.65. The number of nitrogens with zero attached hydrogens (tertiary/aromatic N) is 2. The zero-order valence-electron chi connectivity index (χ0n) is 16.2. The van der Waals surface area contributed by atoms with Gasteiger partial charge in [-0.2, -0.15) is 0 Å². The zero-order valence-corrected chi connectivity index (χ0v) is 16.2. The molecule has 5 heteroatoms. The lowest BCUT2D eigenvalue weighted by molar-refractivity contribution is -0.123. The summed E-state index contributed by atoms with van der Waals surface area (Å²) in [6.45, 7) is 6.15. The second-order valence-corrected chi connectivity index (χ2v) is 6.90. The van der Waals surface area contributed by atoms with Gasteiger partial charge in [-0.3, -0.25) is 9.69 Å². The summed E-state index contributed by atoms with van der Waals surface area (Å²) in [5, 5.41) is 3.18. The summed E-state index contributed by atoms with van der Waals surface area (Å²) in [6.07, 6.45) is 0.888. The number of amides is 1. The van der Waals surface area contributed by atoms with Gasteiger partial charge in [-0.05, 0) is 24.1 Å². The van der Waals surface area contributed by atoms with E-state index >= 15 is 0 Å². The fourth-order valence-corrected chi connectivity index (χ4v) is 3.52. The zero-order chi connectivity index (χ0) is 19.1. The summed E-state index contributed by atoms with van der Waals surface area (Å²) in [5.74, 6) is 0.973. The summed E-state index contributed by atoms with van der Waals surface area (Å²) in [7, 11) is 1.69. The Hall–Kier alpha value is -2.53. The molecule has 1 saturated heterocycles. The van der Waals surface area contributed by atoms with Gasteiger partial charge in [0.2, 0.25) is 5.91 Å². The molecule has 1 atom stereocenters. The first kappa shape index (κ1) is 19.2. The highest BCUT2D eigenvalue weighted by Crippen LogP contribution is 2.22. The van der Waals surface area contributed by atoms with E-state index in [1.165, 1.54) is 5.69 Å². The average molecular weight is 367 g/mol. The molecule has 1 N–H and O–H groups in total. The third-order valence-corrected chi connectivity index (χ3v) is 5.10. The number of rotatable bonds is 7. The van der Waals surface area contributed by atoms with Crippen LogP contribution in [0.2, 0.25) is 0 Å². The van der Waals surface area contributed by atoms with E-state index in [4.69, 9.17) is 4.74 Å².